The van der Waals surface area contributed by atoms with E-state index in [0.717, 1.165) is 23.1 Å². The fourth-order valence-corrected chi connectivity index (χ4v) is 1.28. The van der Waals surface area contributed by atoms with Crippen LogP contribution in [0.25, 0.3) is 5.57 Å². The Labute approximate surface area is 84.6 Å². The fourth-order valence-electron chi connectivity index (χ4n) is 1.28. The van der Waals surface area contributed by atoms with E-state index in [2.05, 4.69) is 11.9 Å². The van der Waals surface area contributed by atoms with Crippen LogP contribution in [0.5, 0.6) is 0 Å². The van der Waals surface area contributed by atoms with Crippen molar-refractivity contribution >= 4 is 17.5 Å². The molecule has 0 unspecified atom stereocenters. The Bertz CT molecular complexity index is 331. The molecule has 0 aromatic heterocycles. The molecule has 0 spiro atoms. The highest BCUT2D eigenvalue weighted by Gasteiger charge is 2.00. The second kappa shape index (κ2) is 5.22. The van der Waals surface area contributed by atoms with Crippen molar-refractivity contribution in [3.05, 3.63) is 36.4 Å². The van der Waals surface area contributed by atoms with Crippen molar-refractivity contribution in [1.82, 2.24) is 0 Å². The van der Waals surface area contributed by atoms with Gasteiger partial charge in [-0.1, -0.05) is 24.8 Å². The van der Waals surface area contributed by atoms with Gasteiger partial charge in [0.25, 0.3) is 0 Å². The molecule has 0 bridgehead atoms. The molecule has 2 nitrogen and oxygen atoms in total. The molecule has 14 heavy (non-hydrogen) atoms. The number of carbonyl (C=O) groups is 1. The number of nitrogens with one attached hydrogen (secondary N) is 1. The minimum absolute atomic E-state index is 0.532. The van der Waals surface area contributed by atoms with Crippen molar-refractivity contribution in [2.45, 2.75) is 13.3 Å². The van der Waals surface area contributed by atoms with E-state index in [4.69, 9.17) is 0 Å². The molecular formula is C12H15NO. The zero-order valence-corrected chi connectivity index (χ0v) is 8.42. The van der Waals surface area contributed by atoms with E-state index in [-0.39, 0.29) is 0 Å². The molecule has 0 atom stereocenters. The predicted molar refractivity (Wildman–Crippen MR) is 60.3 cm³/mol. The van der Waals surface area contributed by atoms with Crippen LogP contribution in [0.15, 0.2) is 30.8 Å². The van der Waals surface area contributed by atoms with E-state index < -0.39 is 0 Å². The number of benzene rings is 1. The number of rotatable bonds is 5. The summed E-state index contributed by atoms with van der Waals surface area (Å²) in [4.78, 5) is 10.2. The molecule has 0 heterocycles. The van der Waals surface area contributed by atoms with E-state index in [0.29, 0.717) is 13.0 Å². The van der Waals surface area contributed by atoms with Crippen molar-refractivity contribution < 1.29 is 4.79 Å². The number of allylic oxidation sites excluding steroid dienone is 1. The molecule has 0 saturated carbocycles. The number of hydrogen-bond acceptors (Lipinski definition) is 2. The highest BCUT2D eigenvalue weighted by atomic mass is 16.1. The Morgan fingerprint density at radius 2 is 2.21 bits per heavy atom. The van der Waals surface area contributed by atoms with Gasteiger partial charge >= 0.3 is 0 Å². The summed E-state index contributed by atoms with van der Waals surface area (Å²) in [5.74, 6) is 0. The van der Waals surface area contributed by atoms with Crippen molar-refractivity contribution in [2.24, 2.45) is 0 Å². The third-order valence-corrected chi connectivity index (χ3v) is 1.96. The van der Waals surface area contributed by atoms with Gasteiger partial charge in [0, 0.05) is 18.7 Å². The SMILES string of the molecule is C=C(C)c1ccccc1NCCC=O. The topological polar surface area (TPSA) is 29.1 Å². The maximum atomic E-state index is 10.2. The lowest BCUT2D eigenvalue weighted by Crippen LogP contribution is -2.03. The second-order valence-electron chi connectivity index (χ2n) is 3.21. The Hall–Kier alpha value is -1.57. The molecule has 0 amide bonds. The first-order valence-corrected chi connectivity index (χ1v) is 4.68. The van der Waals surface area contributed by atoms with Gasteiger partial charge in [-0.15, -0.1) is 0 Å². The summed E-state index contributed by atoms with van der Waals surface area (Å²) in [5.41, 5.74) is 3.18. The molecule has 1 N–H and O–H groups in total. The largest absolute Gasteiger partial charge is 0.384 e. The van der Waals surface area contributed by atoms with Crippen molar-refractivity contribution in [3.8, 4) is 0 Å². The third-order valence-electron chi connectivity index (χ3n) is 1.96. The fraction of sp³-hybridized carbons (Fsp3) is 0.250. The van der Waals surface area contributed by atoms with Crippen molar-refractivity contribution in [3.63, 3.8) is 0 Å². The molecule has 0 aliphatic rings. The quantitative estimate of drug-likeness (QED) is 0.570. The van der Waals surface area contributed by atoms with E-state index in [1.54, 1.807) is 0 Å². The lowest BCUT2D eigenvalue weighted by molar-refractivity contribution is -0.107. The Balaban J connectivity index is 2.74. The summed E-state index contributed by atoms with van der Waals surface area (Å²) in [6.45, 7) is 6.55. The average Bonchev–Trinajstić information content (AvgIpc) is 2.19. The molecular weight excluding hydrogens is 174 g/mol. The lowest BCUT2D eigenvalue weighted by atomic mass is 10.1. The monoisotopic (exact) mass is 189 g/mol. The first-order chi connectivity index (χ1) is 6.75. The van der Waals surface area contributed by atoms with Crippen LogP contribution in [0, 0.1) is 0 Å². The Kier molecular flexibility index (Phi) is 3.92. The van der Waals surface area contributed by atoms with Crippen LogP contribution in [-0.4, -0.2) is 12.8 Å². The summed E-state index contributed by atoms with van der Waals surface area (Å²) in [6.07, 6.45) is 1.45. The van der Waals surface area contributed by atoms with Gasteiger partial charge in [-0.05, 0) is 24.1 Å². The number of anilines is 1. The Morgan fingerprint density at radius 1 is 1.50 bits per heavy atom. The molecule has 1 rings (SSSR count). The summed E-state index contributed by atoms with van der Waals surface area (Å²) >= 11 is 0. The van der Waals surface area contributed by atoms with Gasteiger partial charge in [0.05, 0.1) is 0 Å². The average molecular weight is 189 g/mol. The number of carbonyl (C=O) groups excluding carboxylic acids is 1. The summed E-state index contributed by atoms with van der Waals surface area (Å²) in [7, 11) is 0. The minimum atomic E-state index is 0.532. The lowest BCUT2D eigenvalue weighted by Gasteiger charge is -2.10. The molecule has 0 aliphatic heterocycles. The van der Waals surface area contributed by atoms with Crippen LogP contribution in [-0.2, 0) is 4.79 Å². The van der Waals surface area contributed by atoms with Crippen LogP contribution in [0.2, 0.25) is 0 Å². The smallest absolute Gasteiger partial charge is 0.121 e. The molecule has 74 valence electrons. The minimum Gasteiger partial charge on any atom is -0.384 e. The van der Waals surface area contributed by atoms with E-state index in [1.807, 2.05) is 31.2 Å². The van der Waals surface area contributed by atoms with Crippen molar-refractivity contribution in [1.29, 1.82) is 0 Å². The standard InChI is InChI=1S/C12H15NO/c1-10(2)11-6-3-4-7-12(11)13-8-5-9-14/h3-4,6-7,9,13H,1,5,8H2,2H3. The highest BCUT2D eigenvalue weighted by molar-refractivity contribution is 5.73. The Morgan fingerprint density at radius 3 is 2.86 bits per heavy atom. The van der Waals surface area contributed by atoms with Crippen LogP contribution in [0.1, 0.15) is 18.9 Å². The molecule has 1 aromatic rings. The zero-order valence-electron chi connectivity index (χ0n) is 8.42. The van der Waals surface area contributed by atoms with Gasteiger partial charge in [0.1, 0.15) is 6.29 Å². The van der Waals surface area contributed by atoms with Crippen LogP contribution >= 0.6 is 0 Å². The molecule has 2 heteroatoms. The molecule has 0 saturated heterocycles. The molecule has 0 fully saturated rings. The highest BCUT2D eigenvalue weighted by Crippen LogP contribution is 2.21. The first-order valence-electron chi connectivity index (χ1n) is 4.68. The van der Waals surface area contributed by atoms with Gasteiger partial charge in [-0.3, -0.25) is 0 Å². The summed E-state index contributed by atoms with van der Waals surface area (Å²) in [6, 6.07) is 7.96. The normalized spacial score (nSPS) is 9.50. The second-order valence-corrected chi connectivity index (χ2v) is 3.21. The van der Waals surface area contributed by atoms with Crippen LogP contribution in [0.3, 0.4) is 0 Å². The van der Waals surface area contributed by atoms with Gasteiger partial charge in [0.15, 0.2) is 0 Å². The van der Waals surface area contributed by atoms with Gasteiger partial charge < -0.3 is 10.1 Å². The zero-order chi connectivity index (χ0) is 10.4. The number of aldehydes is 1. The van der Waals surface area contributed by atoms with Gasteiger partial charge in [-0.2, -0.15) is 0 Å². The molecule has 0 radical (unpaired) electrons. The van der Waals surface area contributed by atoms with Gasteiger partial charge in [-0.25, -0.2) is 0 Å². The van der Waals surface area contributed by atoms with E-state index in [1.165, 1.54) is 0 Å². The molecule has 1 aromatic carbocycles. The summed E-state index contributed by atoms with van der Waals surface area (Å²) in [5, 5.41) is 3.20. The van der Waals surface area contributed by atoms with Crippen molar-refractivity contribution in [2.75, 3.05) is 11.9 Å². The summed E-state index contributed by atoms with van der Waals surface area (Å²) < 4.78 is 0. The van der Waals surface area contributed by atoms with Crippen LogP contribution < -0.4 is 5.32 Å². The van der Waals surface area contributed by atoms with E-state index in [9.17, 15) is 4.79 Å². The third kappa shape index (κ3) is 2.73. The predicted octanol–water partition coefficient (Wildman–Crippen LogP) is 2.72. The first kappa shape index (κ1) is 10.5. The van der Waals surface area contributed by atoms with E-state index >= 15 is 0 Å². The van der Waals surface area contributed by atoms with Crippen LogP contribution in [0.4, 0.5) is 5.69 Å². The number of hydrogen-bond donors (Lipinski definition) is 1. The number of para-hydroxylation sites is 1. The molecule has 0 aliphatic carbocycles. The van der Waals surface area contributed by atoms with Gasteiger partial charge in [0.2, 0.25) is 0 Å². The maximum Gasteiger partial charge on any atom is 0.121 e. The maximum absolute atomic E-state index is 10.2.